The molecule has 0 atom stereocenters. The first kappa shape index (κ1) is 12.1. The molecule has 0 aliphatic carbocycles. The molecule has 5 heteroatoms. The molecule has 1 heterocycles. The molecule has 0 unspecified atom stereocenters. The first-order valence-electron chi connectivity index (χ1n) is 5.84. The highest BCUT2D eigenvalue weighted by Crippen LogP contribution is 2.34. The van der Waals surface area contributed by atoms with Crippen LogP contribution in [0.15, 0.2) is 42.2 Å². The summed E-state index contributed by atoms with van der Waals surface area (Å²) in [4.78, 5) is 12.1. The zero-order valence-corrected chi connectivity index (χ0v) is 10.2. The van der Waals surface area contributed by atoms with Gasteiger partial charge in [-0.05, 0) is 42.0 Å². The number of benzene rings is 2. The van der Waals surface area contributed by atoms with Gasteiger partial charge in [-0.15, -0.1) is 0 Å². The number of fused-ring (bicyclic) bond motifs is 1. The van der Waals surface area contributed by atoms with Crippen LogP contribution in [0.3, 0.4) is 0 Å². The second kappa shape index (κ2) is 4.31. The summed E-state index contributed by atoms with van der Waals surface area (Å²) in [6.07, 6.45) is 1.46. The van der Waals surface area contributed by atoms with Gasteiger partial charge in [0, 0.05) is 0 Å². The smallest absolute Gasteiger partial charge is 0.232 e. The Bertz CT molecular complexity index is 746. The quantitative estimate of drug-likeness (QED) is 0.547. The van der Waals surface area contributed by atoms with Gasteiger partial charge in [-0.2, -0.15) is 0 Å². The summed E-state index contributed by atoms with van der Waals surface area (Å²) < 4.78 is 5.40. The minimum absolute atomic E-state index is 0.00997. The second-order valence-corrected chi connectivity index (χ2v) is 4.37. The minimum atomic E-state index is -0.344. The number of hydrogen-bond acceptors (Lipinski definition) is 5. The van der Waals surface area contributed by atoms with Crippen LogP contribution in [-0.4, -0.2) is 21.1 Å². The molecular weight excluding hydrogens is 260 g/mol. The Labute approximate surface area is 114 Å². The molecule has 0 amide bonds. The fraction of sp³-hybridized carbons (Fsp3) is 0. The van der Waals surface area contributed by atoms with E-state index in [-0.39, 0.29) is 28.8 Å². The average Bonchev–Trinajstić information content (AvgIpc) is 2.71. The molecule has 0 fully saturated rings. The average molecular weight is 270 g/mol. The topological polar surface area (TPSA) is 87.0 Å². The third kappa shape index (κ3) is 1.95. The summed E-state index contributed by atoms with van der Waals surface area (Å²) in [6, 6.07) is 8.46. The van der Waals surface area contributed by atoms with E-state index < -0.39 is 0 Å². The van der Waals surface area contributed by atoms with Gasteiger partial charge in [0.25, 0.3) is 0 Å². The van der Waals surface area contributed by atoms with Gasteiger partial charge in [-0.25, -0.2) is 0 Å². The number of carbonyl (C=O) groups excluding carboxylic acids is 1. The molecule has 20 heavy (non-hydrogen) atoms. The van der Waals surface area contributed by atoms with E-state index in [0.717, 1.165) is 0 Å². The van der Waals surface area contributed by atoms with E-state index in [1.54, 1.807) is 6.07 Å². The maximum absolute atomic E-state index is 12.1. The third-order valence-corrected chi connectivity index (χ3v) is 2.95. The normalized spacial score (nSPS) is 15.2. The van der Waals surface area contributed by atoms with Gasteiger partial charge in [0.05, 0.1) is 5.56 Å². The fourth-order valence-electron chi connectivity index (χ4n) is 1.96. The molecule has 1 aliphatic heterocycles. The molecule has 1 aliphatic rings. The second-order valence-electron chi connectivity index (χ2n) is 4.37. The number of phenolic OH excluding ortho intramolecular Hbond substituents is 3. The highest BCUT2D eigenvalue weighted by molar-refractivity contribution is 6.14. The first-order chi connectivity index (χ1) is 9.54. The van der Waals surface area contributed by atoms with Crippen LogP contribution < -0.4 is 4.74 Å². The molecule has 100 valence electrons. The zero-order valence-electron chi connectivity index (χ0n) is 10.2. The third-order valence-electron chi connectivity index (χ3n) is 2.95. The van der Waals surface area contributed by atoms with Crippen LogP contribution >= 0.6 is 0 Å². The number of phenols is 3. The van der Waals surface area contributed by atoms with E-state index in [1.165, 1.54) is 36.4 Å². The van der Waals surface area contributed by atoms with Crippen LogP contribution in [-0.2, 0) is 0 Å². The summed E-state index contributed by atoms with van der Waals surface area (Å²) in [5, 5.41) is 28.0. The standard InChI is InChI=1S/C15H10O5/c16-9-2-4-13-10(7-9)15(19)14(20-13)6-8-1-3-11(17)12(18)5-8/h1-7,16-18H/b14-6-. The van der Waals surface area contributed by atoms with E-state index in [2.05, 4.69) is 0 Å². The maximum atomic E-state index is 12.1. The number of ether oxygens (including phenoxy) is 1. The molecule has 0 spiro atoms. The van der Waals surface area contributed by atoms with Crippen molar-refractivity contribution in [3.8, 4) is 23.0 Å². The number of hydrogen-bond donors (Lipinski definition) is 3. The lowest BCUT2D eigenvalue weighted by atomic mass is 10.1. The van der Waals surface area contributed by atoms with Crippen molar-refractivity contribution in [2.75, 3.05) is 0 Å². The molecule has 0 radical (unpaired) electrons. The molecule has 3 N–H and O–H groups in total. The molecule has 0 saturated carbocycles. The molecule has 3 rings (SSSR count). The van der Waals surface area contributed by atoms with Crippen molar-refractivity contribution in [1.29, 1.82) is 0 Å². The lowest BCUT2D eigenvalue weighted by molar-refractivity contribution is 0.101. The van der Waals surface area contributed by atoms with Gasteiger partial charge < -0.3 is 20.1 Å². The summed E-state index contributed by atoms with van der Waals surface area (Å²) in [5.74, 6) is -0.399. The summed E-state index contributed by atoms with van der Waals surface area (Å²) in [6.45, 7) is 0. The van der Waals surface area contributed by atoms with Crippen molar-refractivity contribution in [3.63, 3.8) is 0 Å². The van der Waals surface area contributed by atoms with Crippen molar-refractivity contribution in [3.05, 3.63) is 53.3 Å². The maximum Gasteiger partial charge on any atom is 0.232 e. The molecule has 0 aromatic heterocycles. The van der Waals surface area contributed by atoms with E-state index in [0.29, 0.717) is 16.9 Å². The van der Waals surface area contributed by atoms with E-state index in [4.69, 9.17) is 4.74 Å². The van der Waals surface area contributed by atoms with Gasteiger partial charge in [-0.3, -0.25) is 4.79 Å². The van der Waals surface area contributed by atoms with Crippen LogP contribution in [0.5, 0.6) is 23.0 Å². The van der Waals surface area contributed by atoms with Gasteiger partial charge in [0.1, 0.15) is 11.5 Å². The zero-order chi connectivity index (χ0) is 14.3. The van der Waals surface area contributed by atoms with Crippen molar-refractivity contribution in [2.45, 2.75) is 0 Å². The van der Waals surface area contributed by atoms with Gasteiger partial charge in [0.2, 0.25) is 5.78 Å². The fourth-order valence-corrected chi connectivity index (χ4v) is 1.96. The molecule has 0 saturated heterocycles. The Morgan fingerprint density at radius 3 is 2.50 bits per heavy atom. The highest BCUT2D eigenvalue weighted by Gasteiger charge is 2.27. The first-order valence-corrected chi connectivity index (χ1v) is 5.84. The number of ketones is 1. The lowest BCUT2D eigenvalue weighted by Crippen LogP contribution is -1.97. The SMILES string of the molecule is O=C1/C(=C/c2ccc(O)c(O)c2)Oc2ccc(O)cc21. The van der Waals surface area contributed by atoms with Crippen molar-refractivity contribution < 1.29 is 24.9 Å². The van der Waals surface area contributed by atoms with Crippen LogP contribution in [0.2, 0.25) is 0 Å². The predicted molar refractivity (Wildman–Crippen MR) is 70.8 cm³/mol. The molecule has 2 aromatic rings. The number of rotatable bonds is 1. The Morgan fingerprint density at radius 1 is 0.950 bits per heavy atom. The van der Waals surface area contributed by atoms with E-state index in [9.17, 15) is 20.1 Å². The van der Waals surface area contributed by atoms with Gasteiger partial charge >= 0.3 is 0 Å². The molecule has 2 aromatic carbocycles. The Kier molecular flexibility index (Phi) is 2.61. The van der Waals surface area contributed by atoms with E-state index in [1.807, 2.05) is 0 Å². The number of Topliss-reactive ketones (excluding diaryl/α,β-unsaturated/α-hetero) is 1. The summed E-state index contributed by atoms with van der Waals surface area (Å²) >= 11 is 0. The van der Waals surface area contributed by atoms with Crippen LogP contribution in [0, 0.1) is 0 Å². The molecular formula is C15H10O5. The Hall–Kier alpha value is -2.95. The van der Waals surface area contributed by atoms with Crippen molar-refractivity contribution in [2.24, 2.45) is 0 Å². The number of carbonyl (C=O) groups is 1. The number of aromatic hydroxyl groups is 3. The lowest BCUT2D eigenvalue weighted by Gasteiger charge is -2.00. The monoisotopic (exact) mass is 270 g/mol. The number of allylic oxidation sites excluding steroid dienone is 1. The minimum Gasteiger partial charge on any atom is -0.508 e. The molecule has 5 nitrogen and oxygen atoms in total. The predicted octanol–water partition coefficient (Wildman–Crippen LogP) is 2.42. The van der Waals surface area contributed by atoms with Crippen LogP contribution in [0.25, 0.3) is 6.08 Å². The Balaban J connectivity index is 1.99. The van der Waals surface area contributed by atoms with Crippen LogP contribution in [0.4, 0.5) is 0 Å². The largest absolute Gasteiger partial charge is 0.508 e. The molecule has 0 bridgehead atoms. The van der Waals surface area contributed by atoms with Gasteiger partial charge in [0.15, 0.2) is 17.3 Å². The summed E-state index contributed by atoms with van der Waals surface area (Å²) in [5.41, 5.74) is 0.805. The summed E-state index contributed by atoms with van der Waals surface area (Å²) in [7, 11) is 0. The van der Waals surface area contributed by atoms with Gasteiger partial charge in [-0.1, -0.05) is 6.07 Å². The van der Waals surface area contributed by atoms with E-state index >= 15 is 0 Å². The van der Waals surface area contributed by atoms with Crippen molar-refractivity contribution >= 4 is 11.9 Å². The Morgan fingerprint density at radius 2 is 1.75 bits per heavy atom. The van der Waals surface area contributed by atoms with Crippen molar-refractivity contribution in [1.82, 2.24) is 0 Å². The highest BCUT2D eigenvalue weighted by atomic mass is 16.5. The van der Waals surface area contributed by atoms with Crippen LogP contribution in [0.1, 0.15) is 15.9 Å².